The molecule has 0 saturated carbocycles. The van der Waals surface area contributed by atoms with Gasteiger partial charge in [0.2, 0.25) is 10.0 Å². The number of ether oxygens (including phenoxy) is 1. The Hall–Kier alpha value is -2.70. The molecule has 0 spiro atoms. The minimum atomic E-state index is -3.80. The molecule has 0 atom stereocenters. The fraction of sp³-hybridized carbons (Fsp3) is 0.552. The number of nitrogens with one attached hydrogen (secondary N) is 2. The first-order chi connectivity index (χ1) is 19.1. The lowest BCUT2D eigenvalue weighted by Gasteiger charge is -2.35. The fourth-order valence-electron chi connectivity index (χ4n) is 4.56. The van der Waals surface area contributed by atoms with Gasteiger partial charge in [0.1, 0.15) is 10.6 Å². The summed E-state index contributed by atoms with van der Waals surface area (Å²) < 4.78 is 33.5. The molecule has 3 rings (SSSR count). The quantitative estimate of drug-likeness (QED) is 0.364. The van der Waals surface area contributed by atoms with Crippen LogP contribution in [0.3, 0.4) is 0 Å². The molecule has 1 fully saturated rings. The highest BCUT2D eigenvalue weighted by Crippen LogP contribution is 2.36. The molecule has 0 aromatic heterocycles. The van der Waals surface area contributed by atoms with Crippen molar-refractivity contribution in [3.8, 4) is 5.75 Å². The molecule has 0 unspecified atom stereocenters. The number of nitrogens with zero attached hydrogens (tertiary/aromatic N) is 4. The van der Waals surface area contributed by atoms with Crippen molar-refractivity contribution in [2.75, 3.05) is 99.1 Å². The Morgan fingerprint density at radius 3 is 2.33 bits per heavy atom. The van der Waals surface area contributed by atoms with E-state index in [1.165, 1.54) is 29.5 Å². The molecule has 2 aliphatic heterocycles. The van der Waals surface area contributed by atoms with Crippen LogP contribution in [0.5, 0.6) is 5.75 Å². The number of benzene rings is 1. The molecule has 0 aliphatic carbocycles. The van der Waals surface area contributed by atoms with Crippen LogP contribution in [0.25, 0.3) is 0 Å². The zero-order valence-electron chi connectivity index (χ0n) is 24.9. The van der Waals surface area contributed by atoms with Crippen LogP contribution in [0.2, 0.25) is 0 Å². The van der Waals surface area contributed by atoms with Crippen LogP contribution in [-0.4, -0.2) is 123 Å². The van der Waals surface area contributed by atoms with Gasteiger partial charge in [0.15, 0.2) is 6.61 Å². The van der Waals surface area contributed by atoms with Crippen molar-refractivity contribution in [1.82, 2.24) is 24.7 Å². The summed E-state index contributed by atoms with van der Waals surface area (Å²) >= 11 is 0. The average Bonchev–Trinajstić information content (AvgIpc) is 2.94. The fourth-order valence-corrected chi connectivity index (χ4v) is 5.77. The Balaban J connectivity index is 0.00000178. The lowest BCUT2D eigenvalue weighted by Crippen LogP contribution is -2.45. The number of anilines is 1. The van der Waals surface area contributed by atoms with Crippen molar-refractivity contribution in [3.63, 3.8) is 0 Å². The molecule has 0 bridgehead atoms. The third-order valence-electron chi connectivity index (χ3n) is 6.87. The molecule has 2 aliphatic rings. The topological polar surface area (TPSA) is 97.5 Å². The zero-order chi connectivity index (χ0) is 29.7. The second kappa shape index (κ2) is 16.5. The Morgan fingerprint density at radius 2 is 1.73 bits per heavy atom. The van der Waals surface area contributed by atoms with E-state index >= 15 is 0 Å². The maximum absolute atomic E-state index is 13.3. The van der Waals surface area contributed by atoms with Crippen molar-refractivity contribution in [2.45, 2.75) is 17.7 Å². The summed E-state index contributed by atoms with van der Waals surface area (Å²) in [7, 11) is 5.01. The summed E-state index contributed by atoms with van der Waals surface area (Å²) in [4.78, 5) is 19.2. The molecular formula is C29H48N6O4S. The molecule has 2 N–H and O–H groups in total. The van der Waals surface area contributed by atoms with E-state index in [4.69, 9.17) is 4.74 Å². The van der Waals surface area contributed by atoms with Crippen LogP contribution >= 0.6 is 0 Å². The second-order valence-corrected chi connectivity index (χ2v) is 12.2. The standard InChI is InChI=1S/C27H41N5O4S.C2H7N/c1-6-22-12-15-31(20-23(22)7-2)14-9-13-28-26(33)21-36-25-11-8-10-24(27(25)37(34,35)29(3)4)32-18-16-30(5)17-19-32;1-3-2/h6-8,10-11H,1-2,9,12-21H2,3-5H3,(H,28,33);3H,1-2H3. The first kappa shape index (κ1) is 33.5. The minimum absolute atomic E-state index is 0.104. The zero-order valence-corrected chi connectivity index (χ0v) is 25.7. The van der Waals surface area contributed by atoms with Crippen molar-refractivity contribution < 1.29 is 17.9 Å². The Morgan fingerprint density at radius 1 is 1.07 bits per heavy atom. The average molecular weight is 577 g/mol. The molecule has 1 aromatic rings. The van der Waals surface area contributed by atoms with Gasteiger partial charge in [-0.15, -0.1) is 0 Å². The van der Waals surface area contributed by atoms with Crippen LogP contribution in [0, 0.1) is 0 Å². The number of amides is 1. The number of hydrogen-bond donors (Lipinski definition) is 2. The predicted molar refractivity (Wildman–Crippen MR) is 164 cm³/mol. The van der Waals surface area contributed by atoms with E-state index in [9.17, 15) is 13.2 Å². The number of carbonyl (C=O) groups is 1. The Kier molecular flexibility index (Phi) is 13.9. The molecule has 1 amide bonds. The maximum Gasteiger partial charge on any atom is 0.257 e. The van der Waals surface area contributed by atoms with Crippen LogP contribution in [0.15, 0.2) is 59.6 Å². The highest BCUT2D eigenvalue weighted by molar-refractivity contribution is 7.89. The van der Waals surface area contributed by atoms with Crippen LogP contribution in [0.4, 0.5) is 5.69 Å². The molecule has 40 heavy (non-hydrogen) atoms. The summed E-state index contributed by atoms with van der Waals surface area (Å²) in [5.74, 6) is -0.0900. The number of allylic oxidation sites excluding steroid dienone is 1. The van der Waals surface area contributed by atoms with Crippen LogP contribution in [-0.2, 0) is 14.8 Å². The second-order valence-electron chi connectivity index (χ2n) is 10.2. The number of hydrogen-bond acceptors (Lipinski definition) is 8. The molecule has 1 saturated heterocycles. The molecule has 224 valence electrons. The van der Waals surface area contributed by atoms with E-state index in [0.717, 1.165) is 45.6 Å². The molecule has 2 heterocycles. The highest BCUT2D eigenvalue weighted by atomic mass is 32.2. The largest absolute Gasteiger partial charge is 0.482 e. The van der Waals surface area contributed by atoms with Gasteiger partial charge >= 0.3 is 0 Å². The summed E-state index contributed by atoms with van der Waals surface area (Å²) in [5, 5.41) is 5.64. The van der Waals surface area contributed by atoms with Crippen LogP contribution < -0.4 is 20.3 Å². The third kappa shape index (κ3) is 9.45. The highest BCUT2D eigenvalue weighted by Gasteiger charge is 2.30. The third-order valence-corrected chi connectivity index (χ3v) is 8.76. The molecular weight excluding hydrogens is 528 g/mol. The summed E-state index contributed by atoms with van der Waals surface area (Å²) in [6, 6.07) is 5.19. The molecule has 0 radical (unpaired) electrons. The van der Waals surface area contributed by atoms with Gasteiger partial charge < -0.3 is 25.2 Å². The molecule has 11 heteroatoms. The monoisotopic (exact) mass is 576 g/mol. The van der Waals surface area contributed by atoms with Gasteiger partial charge in [-0.25, -0.2) is 12.7 Å². The normalized spacial score (nSPS) is 16.8. The van der Waals surface area contributed by atoms with Gasteiger partial charge in [-0.3, -0.25) is 9.69 Å². The lowest BCUT2D eigenvalue weighted by molar-refractivity contribution is -0.123. The van der Waals surface area contributed by atoms with E-state index in [-0.39, 0.29) is 23.2 Å². The van der Waals surface area contributed by atoms with Gasteiger partial charge in [0, 0.05) is 66.5 Å². The van der Waals surface area contributed by atoms with Crippen LogP contribution in [0.1, 0.15) is 12.8 Å². The first-order valence-electron chi connectivity index (χ1n) is 13.7. The minimum Gasteiger partial charge on any atom is -0.482 e. The van der Waals surface area contributed by atoms with E-state index in [2.05, 4.69) is 38.5 Å². The Labute approximate surface area is 241 Å². The van der Waals surface area contributed by atoms with E-state index in [0.29, 0.717) is 25.3 Å². The Bertz CT molecular complexity index is 1130. The number of piperazine rings is 1. The van der Waals surface area contributed by atoms with Gasteiger partial charge in [0.25, 0.3) is 5.91 Å². The smallest absolute Gasteiger partial charge is 0.257 e. The summed E-state index contributed by atoms with van der Waals surface area (Å²) in [6.07, 6.45) is 5.56. The van der Waals surface area contributed by atoms with E-state index < -0.39 is 10.0 Å². The lowest BCUT2D eigenvalue weighted by atomic mass is 10.00. The van der Waals surface area contributed by atoms with Crippen molar-refractivity contribution in [1.29, 1.82) is 0 Å². The molecule has 10 nitrogen and oxygen atoms in total. The SMILES string of the molecule is C=CC1=C(C=C)CN(CCCNC(=O)COc2cccc(N3CCN(C)CC3)c2S(=O)(=O)N(C)C)CC1.CNC. The number of sulfonamides is 1. The molecule has 1 aromatic carbocycles. The van der Waals surface area contributed by atoms with Gasteiger partial charge in [-0.1, -0.05) is 31.4 Å². The number of likely N-dealkylation sites (N-methyl/N-ethyl adjacent to an activating group) is 1. The number of rotatable bonds is 12. The van der Waals surface area contributed by atoms with E-state index in [1.54, 1.807) is 18.2 Å². The number of carbonyl (C=O) groups excluding carboxylic acids is 1. The van der Waals surface area contributed by atoms with Gasteiger partial charge in [-0.05, 0) is 57.3 Å². The van der Waals surface area contributed by atoms with Crippen molar-refractivity contribution in [2.24, 2.45) is 0 Å². The van der Waals surface area contributed by atoms with Gasteiger partial charge in [-0.2, -0.15) is 0 Å². The first-order valence-corrected chi connectivity index (χ1v) is 15.2. The summed E-state index contributed by atoms with van der Waals surface area (Å²) in [5.41, 5.74) is 3.07. The van der Waals surface area contributed by atoms with Crippen molar-refractivity contribution >= 4 is 21.6 Å². The summed E-state index contributed by atoms with van der Waals surface area (Å²) in [6.45, 7) is 13.8. The van der Waals surface area contributed by atoms with E-state index in [1.807, 2.05) is 33.3 Å². The van der Waals surface area contributed by atoms with Gasteiger partial charge in [0.05, 0.1) is 5.69 Å². The maximum atomic E-state index is 13.3. The predicted octanol–water partition coefficient (Wildman–Crippen LogP) is 1.78. The van der Waals surface area contributed by atoms with Crippen molar-refractivity contribution in [3.05, 3.63) is 54.7 Å².